The highest BCUT2D eigenvalue weighted by Gasteiger charge is 2.18. The lowest BCUT2D eigenvalue weighted by Crippen LogP contribution is -2.37. The van der Waals surface area contributed by atoms with Crippen LogP contribution in [0.15, 0.2) is 109 Å². The van der Waals surface area contributed by atoms with Crippen molar-refractivity contribution in [1.29, 1.82) is 0 Å². The van der Waals surface area contributed by atoms with Gasteiger partial charge >= 0.3 is 0 Å². The van der Waals surface area contributed by atoms with Crippen LogP contribution in [0.2, 0.25) is 39.3 Å². The van der Waals surface area contributed by atoms with Crippen molar-refractivity contribution in [2.24, 2.45) is 0 Å². The summed E-state index contributed by atoms with van der Waals surface area (Å²) in [4.78, 5) is 0. The largest absolute Gasteiger partial charge is 0.0775 e. The lowest BCUT2D eigenvalue weighted by molar-refractivity contribution is 0.599. The van der Waals surface area contributed by atoms with E-state index in [2.05, 4.69) is 162 Å². The summed E-state index contributed by atoms with van der Waals surface area (Å²) in [6, 6.07) is 42.8. The Morgan fingerprint density at radius 2 is 0.574 bits per heavy atom. The van der Waals surface area contributed by atoms with Crippen molar-refractivity contribution >= 4 is 26.5 Å². The standard InChI is InChI=1S/C52H70Si2/c1-9-11-13-15-17-19-21-47-39-51(45-27-23-41(24-28-45)43-31-35-49(36-32-43)53(3,4)5)52(40-48(47)22-20-18-16-14-12-10-2)46-29-25-42(26-30-46)44-33-37-50(38-34-44)54(6,7)8/h23-40H,9-22H2,1-8H3. The van der Waals surface area contributed by atoms with Crippen molar-refractivity contribution < 1.29 is 0 Å². The highest BCUT2D eigenvalue weighted by molar-refractivity contribution is 6.89. The second kappa shape index (κ2) is 19.9. The molecule has 0 saturated carbocycles. The van der Waals surface area contributed by atoms with Crippen LogP contribution in [0.1, 0.15) is 102 Å². The minimum absolute atomic E-state index is 1.18. The SMILES string of the molecule is CCCCCCCCc1cc(-c2ccc(-c3ccc([Si](C)(C)C)cc3)cc2)c(-c2ccc(-c3ccc([Si](C)(C)C)cc3)cc2)cc1CCCCCCCC. The maximum atomic E-state index is 2.59. The fourth-order valence-electron chi connectivity index (χ4n) is 7.83. The van der Waals surface area contributed by atoms with Crippen molar-refractivity contribution in [3.63, 3.8) is 0 Å². The van der Waals surface area contributed by atoms with Crippen LogP contribution in [-0.2, 0) is 12.8 Å². The first-order valence-electron chi connectivity index (χ1n) is 21.6. The Kier molecular flexibility index (Phi) is 15.4. The molecule has 0 spiro atoms. The van der Waals surface area contributed by atoms with Gasteiger partial charge in [0.05, 0.1) is 16.1 Å². The monoisotopic (exact) mass is 751 g/mol. The van der Waals surface area contributed by atoms with Gasteiger partial charge in [-0.1, -0.05) is 237 Å². The van der Waals surface area contributed by atoms with Crippen LogP contribution in [0.4, 0.5) is 0 Å². The fraction of sp³-hybridized carbons (Fsp3) is 0.423. The van der Waals surface area contributed by atoms with Gasteiger partial charge in [0, 0.05) is 0 Å². The van der Waals surface area contributed by atoms with Gasteiger partial charge in [0.2, 0.25) is 0 Å². The van der Waals surface area contributed by atoms with E-state index in [1.807, 2.05) is 0 Å². The summed E-state index contributed by atoms with van der Waals surface area (Å²) in [7, 11) is -2.65. The van der Waals surface area contributed by atoms with Gasteiger partial charge in [0.1, 0.15) is 0 Å². The smallest absolute Gasteiger partial charge is 0.0656 e. The summed E-state index contributed by atoms with van der Waals surface area (Å²) in [5, 5.41) is 3.03. The van der Waals surface area contributed by atoms with E-state index in [0.717, 1.165) is 0 Å². The van der Waals surface area contributed by atoms with Gasteiger partial charge in [0.25, 0.3) is 0 Å². The lowest BCUT2D eigenvalue weighted by Gasteiger charge is -2.19. The molecule has 5 rings (SSSR count). The average Bonchev–Trinajstić information content (AvgIpc) is 3.17. The van der Waals surface area contributed by atoms with Gasteiger partial charge in [-0.2, -0.15) is 0 Å². The Morgan fingerprint density at radius 1 is 0.315 bits per heavy atom. The number of benzene rings is 5. The molecular weight excluding hydrogens is 681 g/mol. The summed E-state index contributed by atoms with van der Waals surface area (Å²) in [6.07, 6.45) is 18.4. The zero-order valence-electron chi connectivity index (χ0n) is 35.3. The average molecular weight is 751 g/mol. The van der Waals surface area contributed by atoms with E-state index in [4.69, 9.17) is 0 Å². The van der Waals surface area contributed by atoms with Crippen LogP contribution in [0.3, 0.4) is 0 Å². The van der Waals surface area contributed by atoms with E-state index in [9.17, 15) is 0 Å². The number of hydrogen-bond acceptors (Lipinski definition) is 0. The molecule has 54 heavy (non-hydrogen) atoms. The number of hydrogen-bond donors (Lipinski definition) is 0. The minimum Gasteiger partial charge on any atom is -0.0656 e. The minimum atomic E-state index is -1.33. The third-order valence-corrected chi connectivity index (χ3v) is 15.6. The molecule has 0 fully saturated rings. The van der Waals surface area contributed by atoms with Gasteiger partial charge in [-0.25, -0.2) is 0 Å². The van der Waals surface area contributed by atoms with Gasteiger partial charge in [0.15, 0.2) is 0 Å². The molecule has 0 aliphatic carbocycles. The van der Waals surface area contributed by atoms with Crippen molar-refractivity contribution in [1.82, 2.24) is 0 Å². The zero-order valence-corrected chi connectivity index (χ0v) is 37.3. The van der Waals surface area contributed by atoms with Crippen LogP contribution in [0.25, 0.3) is 44.5 Å². The van der Waals surface area contributed by atoms with Gasteiger partial charge in [-0.15, -0.1) is 0 Å². The Labute approximate surface area is 332 Å². The van der Waals surface area contributed by atoms with E-state index in [1.165, 1.54) is 145 Å². The first-order valence-corrected chi connectivity index (χ1v) is 28.6. The Balaban J connectivity index is 1.51. The Morgan fingerprint density at radius 3 is 0.870 bits per heavy atom. The highest BCUT2D eigenvalue weighted by atomic mass is 28.3. The van der Waals surface area contributed by atoms with Crippen molar-refractivity contribution in [2.75, 3.05) is 0 Å². The first-order chi connectivity index (χ1) is 26.0. The molecule has 5 aromatic carbocycles. The van der Waals surface area contributed by atoms with Gasteiger partial charge < -0.3 is 0 Å². The van der Waals surface area contributed by atoms with E-state index in [0.29, 0.717) is 0 Å². The maximum Gasteiger partial charge on any atom is 0.0775 e. The predicted molar refractivity (Wildman–Crippen MR) is 248 cm³/mol. The molecule has 0 aliphatic heterocycles. The second-order valence-electron chi connectivity index (χ2n) is 18.0. The molecule has 0 heterocycles. The molecule has 0 aliphatic rings. The molecule has 0 radical (unpaired) electrons. The summed E-state index contributed by atoms with van der Waals surface area (Å²) in [6.45, 7) is 19.2. The van der Waals surface area contributed by atoms with Gasteiger partial charge in [-0.3, -0.25) is 0 Å². The molecule has 0 nitrogen and oxygen atoms in total. The normalized spacial score (nSPS) is 12.0. The van der Waals surface area contributed by atoms with Gasteiger partial charge in [-0.05, 0) is 81.3 Å². The Hall–Kier alpha value is -3.47. The van der Waals surface area contributed by atoms with E-state index in [-0.39, 0.29) is 0 Å². The molecule has 0 aromatic heterocycles. The summed E-state index contributed by atoms with van der Waals surface area (Å²) in [5.41, 5.74) is 13.7. The van der Waals surface area contributed by atoms with Crippen molar-refractivity contribution in [3.05, 3.63) is 120 Å². The number of aryl methyl sites for hydroxylation is 2. The molecule has 0 bridgehead atoms. The van der Waals surface area contributed by atoms with Crippen LogP contribution < -0.4 is 10.4 Å². The third-order valence-electron chi connectivity index (χ3n) is 11.5. The quantitative estimate of drug-likeness (QED) is 0.0549. The van der Waals surface area contributed by atoms with Crippen molar-refractivity contribution in [3.8, 4) is 44.5 Å². The first kappa shape index (κ1) is 41.7. The predicted octanol–water partition coefficient (Wildman–Crippen LogP) is 15.3. The highest BCUT2D eigenvalue weighted by Crippen LogP contribution is 2.38. The number of unbranched alkanes of at least 4 members (excludes halogenated alkanes) is 10. The van der Waals surface area contributed by atoms with Crippen LogP contribution >= 0.6 is 0 Å². The third kappa shape index (κ3) is 11.8. The molecule has 5 aromatic rings. The zero-order chi connectivity index (χ0) is 38.6. The summed E-state index contributed by atoms with van der Waals surface area (Å²) < 4.78 is 0. The molecular formula is C52H70Si2. The summed E-state index contributed by atoms with van der Waals surface area (Å²) in [5.74, 6) is 0. The fourth-order valence-corrected chi connectivity index (χ4v) is 10.2. The second-order valence-corrected chi connectivity index (χ2v) is 28.2. The summed E-state index contributed by atoms with van der Waals surface area (Å²) >= 11 is 0. The van der Waals surface area contributed by atoms with E-state index < -0.39 is 16.1 Å². The van der Waals surface area contributed by atoms with E-state index >= 15 is 0 Å². The maximum absolute atomic E-state index is 2.59. The number of rotatable bonds is 20. The van der Waals surface area contributed by atoms with Crippen molar-refractivity contribution in [2.45, 2.75) is 143 Å². The molecule has 286 valence electrons. The lowest BCUT2D eigenvalue weighted by atomic mass is 9.86. The van der Waals surface area contributed by atoms with Crippen LogP contribution in [0.5, 0.6) is 0 Å². The molecule has 0 N–H and O–H groups in total. The molecule has 0 atom stereocenters. The molecule has 0 saturated heterocycles. The van der Waals surface area contributed by atoms with E-state index in [1.54, 1.807) is 11.1 Å². The molecule has 2 heteroatoms. The van der Waals surface area contributed by atoms with Crippen LogP contribution in [0, 0.1) is 0 Å². The van der Waals surface area contributed by atoms with Crippen LogP contribution in [-0.4, -0.2) is 16.1 Å². The Bertz CT molecular complexity index is 1710. The molecule has 0 unspecified atom stereocenters. The topological polar surface area (TPSA) is 0 Å². The molecule has 0 amide bonds.